The number of ether oxygens (including phenoxy) is 2. The second-order valence-corrected chi connectivity index (χ2v) is 7.08. The molecule has 0 aliphatic carbocycles. The molecule has 2 aliphatic rings. The Morgan fingerprint density at radius 1 is 1.11 bits per heavy atom. The van der Waals surface area contributed by atoms with E-state index in [1.54, 1.807) is 11.0 Å². The van der Waals surface area contributed by atoms with Crippen molar-refractivity contribution in [2.45, 2.75) is 32.2 Å². The SMILES string of the molecule is CC[C@@H]1C=C(C(=O)OCc2ccccc2)C(=O)N2[C@H](c3ccccc3)CO[C@@H]12. The van der Waals surface area contributed by atoms with Crippen molar-refractivity contribution in [3.05, 3.63) is 83.4 Å². The molecule has 2 aliphatic heterocycles. The van der Waals surface area contributed by atoms with E-state index in [4.69, 9.17) is 9.47 Å². The van der Waals surface area contributed by atoms with Crippen molar-refractivity contribution in [2.75, 3.05) is 6.61 Å². The molecule has 144 valence electrons. The third-order valence-electron chi connectivity index (χ3n) is 5.34. The highest BCUT2D eigenvalue weighted by molar-refractivity contribution is 6.17. The van der Waals surface area contributed by atoms with Crippen molar-refractivity contribution in [1.82, 2.24) is 4.90 Å². The molecule has 3 atom stereocenters. The molecule has 0 bridgehead atoms. The zero-order valence-corrected chi connectivity index (χ0v) is 15.8. The van der Waals surface area contributed by atoms with Crippen LogP contribution < -0.4 is 0 Å². The summed E-state index contributed by atoms with van der Waals surface area (Å²) in [5.74, 6) is -0.936. The highest BCUT2D eigenvalue weighted by Crippen LogP contribution is 2.39. The number of fused-ring (bicyclic) bond motifs is 1. The van der Waals surface area contributed by atoms with Crippen LogP contribution in [-0.2, 0) is 25.7 Å². The zero-order valence-electron chi connectivity index (χ0n) is 15.8. The van der Waals surface area contributed by atoms with E-state index in [9.17, 15) is 9.59 Å². The van der Waals surface area contributed by atoms with E-state index in [-0.39, 0.29) is 36.3 Å². The summed E-state index contributed by atoms with van der Waals surface area (Å²) in [4.78, 5) is 27.6. The predicted molar refractivity (Wildman–Crippen MR) is 104 cm³/mol. The summed E-state index contributed by atoms with van der Waals surface area (Å²) >= 11 is 0. The van der Waals surface area contributed by atoms with E-state index < -0.39 is 5.97 Å². The van der Waals surface area contributed by atoms with Gasteiger partial charge in [-0.15, -0.1) is 0 Å². The Labute approximate surface area is 164 Å². The van der Waals surface area contributed by atoms with Gasteiger partial charge >= 0.3 is 5.97 Å². The molecule has 5 heteroatoms. The maximum Gasteiger partial charge on any atom is 0.343 e. The molecule has 5 nitrogen and oxygen atoms in total. The fraction of sp³-hybridized carbons (Fsp3) is 0.304. The molecule has 0 radical (unpaired) electrons. The number of carbonyl (C=O) groups is 2. The Balaban J connectivity index is 1.56. The van der Waals surface area contributed by atoms with E-state index >= 15 is 0 Å². The van der Waals surface area contributed by atoms with Crippen LogP contribution in [0.4, 0.5) is 0 Å². The van der Waals surface area contributed by atoms with Crippen molar-refractivity contribution >= 4 is 11.9 Å². The maximum atomic E-state index is 13.2. The predicted octanol–water partition coefficient (Wildman–Crippen LogP) is 3.62. The third-order valence-corrected chi connectivity index (χ3v) is 5.34. The van der Waals surface area contributed by atoms with Gasteiger partial charge in [-0.3, -0.25) is 4.79 Å². The van der Waals surface area contributed by atoms with Crippen molar-refractivity contribution in [2.24, 2.45) is 5.92 Å². The molecule has 4 rings (SSSR count). The van der Waals surface area contributed by atoms with Crippen LogP contribution in [0.2, 0.25) is 0 Å². The average Bonchev–Trinajstić information content (AvgIpc) is 3.20. The van der Waals surface area contributed by atoms with Gasteiger partial charge in [0, 0.05) is 5.92 Å². The average molecular weight is 377 g/mol. The van der Waals surface area contributed by atoms with Crippen molar-refractivity contribution in [3.63, 3.8) is 0 Å². The first-order valence-corrected chi connectivity index (χ1v) is 9.61. The highest BCUT2D eigenvalue weighted by Gasteiger charge is 2.47. The zero-order chi connectivity index (χ0) is 19.5. The van der Waals surface area contributed by atoms with Gasteiger partial charge in [0.15, 0.2) is 0 Å². The molecule has 0 saturated carbocycles. The number of amides is 1. The summed E-state index contributed by atoms with van der Waals surface area (Å²) in [6.07, 6.45) is 2.16. The molecule has 2 heterocycles. The van der Waals surface area contributed by atoms with Gasteiger partial charge in [-0.2, -0.15) is 0 Å². The lowest BCUT2D eigenvalue weighted by Crippen LogP contribution is -2.47. The number of hydrogen-bond acceptors (Lipinski definition) is 4. The van der Waals surface area contributed by atoms with Crippen molar-refractivity contribution < 1.29 is 19.1 Å². The molecule has 0 spiro atoms. The number of esters is 1. The van der Waals surface area contributed by atoms with E-state index in [2.05, 4.69) is 0 Å². The quantitative estimate of drug-likeness (QED) is 0.590. The van der Waals surface area contributed by atoms with Gasteiger partial charge in [0.2, 0.25) is 0 Å². The Bertz CT molecular complexity index is 878. The van der Waals surface area contributed by atoms with Gasteiger partial charge in [-0.1, -0.05) is 73.7 Å². The van der Waals surface area contributed by atoms with Crippen LogP contribution in [0.25, 0.3) is 0 Å². The molecule has 0 unspecified atom stereocenters. The van der Waals surface area contributed by atoms with Crippen LogP contribution in [-0.4, -0.2) is 29.6 Å². The first-order valence-electron chi connectivity index (χ1n) is 9.61. The normalized spacial score (nSPS) is 23.9. The van der Waals surface area contributed by atoms with Gasteiger partial charge in [0.05, 0.1) is 12.6 Å². The molecule has 2 aromatic carbocycles. The summed E-state index contributed by atoms with van der Waals surface area (Å²) < 4.78 is 11.4. The first kappa shape index (κ1) is 18.4. The number of benzene rings is 2. The van der Waals surface area contributed by atoms with Crippen LogP contribution in [0.5, 0.6) is 0 Å². The standard InChI is InChI=1S/C23H23NO4/c1-2-17-13-19(23(26)28-14-16-9-5-3-6-10-16)21(25)24-20(15-27-22(17)24)18-11-7-4-8-12-18/h3-13,17,20,22H,2,14-15H2,1H3/t17-,20+,22+/m1/s1. The van der Waals surface area contributed by atoms with E-state index in [1.807, 2.05) is 67.6 Å². The summed E-state index contributed by atoms with van der Waals surface area (Å²) in [5.41, 5.74) is 1.99. The number of rotatable bonds is 5. The maximum absolute atomic E-state index is 13.2. The van der Waals surface area contributed by atoms with Crippen LogP contribution in [0.3, 0.4) is 0 Å². The lowest BCUT2D eigenvalue weighted by atomic mass is 9.93. The number of hydrogen-bond donors (Lipinski definition) is 0. The van der Waals surface area contributed by atoms with Gasteiger partial charge in [0.25, 0.3) is 5.91 Å². The van der Waals surface area contributed by atoms with E-state index in [1.165, 1.54) is 0 Å². The summed E-state index contributed by atoms with van der Waals surface area (Å²) in [6.45, 7) is 2.60. The first-order chi connectivity index (χ1) is 13.7. The lowest BCUT2D eigenvalue weighted by Gasteiger charge is -2.36. The van der Waals surface area contributed by atoms with Crippen LogP contribution >= 0.6 is 0 Å². The molecule has 1 amide bonds. The lowest BCUT2D eigenvalue weighted by molar-refractivity contribution is -0.147. The Hall–Kier alpha value is -2.92. The minimum absolute atomic E-state index is 0.0364. The largest absolute Gasteiger partial charge is 0.457 e. The second kappa shape index (κ2) is 7.98. The summed E-state index contributed by atoms with van der Waals surface area (Å²) in [7, 11) is 0. The summed E-state index contributed by atoms with van der Waals surface area (Å²) in [5, 5.41) is 0. The van der Waals surface area contributed by atoms with Crippen LogP contribution in [0, 0.1) is 5.92 Å². The van der Waals surface area contributed by atoms with Crippen LogP contribution in [0.1, 0.15) is 30.5 Å². The van der Waals surface area contributed by atoms with E-state index in [0.29, 0.717) is 6.61 Å². The topological polar surface area (TPSA) is 55.8 Å². The molecule has 1 fully saturated rings. The molecule has 2 aromatic rings. The number of nitrogens with zero attached hydrogens (tertiary/aromatic N) is 1. The third kappa shape index (κ3) is 3.45. The Morgan fingerprint density at radius 3 is 2.46 bits per heavy atom. The highest BCUT2D eigenvalue weighted by atomic mass is 16.5. The van der Waals surface area contributed by atoms with Crippen molar-refractivity contribution in [1.29, 1.82) is 0 Å². The molecule has 0 N–H and O–H groups in total. The molecular formula is C23H23NO4. The van der Waals surface area contributed by atoms with Gasteiger partial charge in [-0.25, -0.2) is 4.79 Å². The molecular weight excluding hydrogens is 354 g/mol. The second-order valence-electron chi connectivity index (χ2n) is 7.08. The molecule has 1 saturated heterocycles. The Kier molecular flexibility index (Phi) is 5.26. The minimum atomic E-state index is -0.579. The van der Waals surface area contributed by atoms with E-state index in [0.717, 1.165) is 17.5 Å². The van der Waals surface area contributed by atoms with Crippen LogP contribution in [0.15, 0.2) is 72.3 Å². The van der Waals surface area contributed by atoms with Gasteiger partial charge < -0.3 is 14.4 Å². The van der Waals surface area contributed by atoms with Crippen molar-refractivity contribution in [3.8, 4) is 0 Å². The Morgan fingerprint density at radius 2 is 1.79 bits per heavy atom. The van der Waals surface area contributed by atoms with Gasteiger partial charge in [-0.05, 0) is 17.5 Å². The smallest absolute Gasteiger partial charge is 0.343 e. The summed E-state index contributed by atoms with van der Waals surface area (Å²) in [6, 6.07) is 19.0. The minimum Gasteiger partial charge on any atom is -0.457 e. The fourth-order valence-corrected chi connectivity index (χ4v) is 3.83. The van der Waals surface area contributed by atoms with Gasteiger partial charge in [0.1, 0.15) is 18.4 Å². The molecule has 28 heavy (non-hydrogen) atoms. The molecule has 0 aromatic heterocycles. The monoisotopic (exact) mass is 377 g/mol. The fourth-order valence-electron chi connectivity index (χ4n) is 3.83. The number of carbonyl (C=O) groups excluding carboxylic acids is 2.